The summed E-state index contributed by atoms with van der Waals surface area (Å²) in [5.74, 6) is 1.40. The number of amidine groups is 1. The number of rotatable bonds is 7. The number of thioether (sulfide) groups is 1. The van der Waals surface area contributed by atoms with E-state index in [1.54, 1.807) is 0 Å². The summed E-state index contributed by atoms with van der Waals surface area (Å²) in [7, 11) is 0. The first-order valence-corrected chi connectivity index (χ1v) is 12.0. The van der Waals surface area contributed by atoms with Crippen LogP contribution >= 0.6 is 11.8 Å². The van der Waals surface area contributed by atoms with Crippen molar-refractivity contribution in [2.75, 3.05) is 13.2 Å². The average Bonchev–Trinajstić information content (AvgIpc) is 3.15. The second-order valence-electron chi connectivity index (χ2n) is 8.86. The van der Waals surface area contributed by atoms with Gasteiger partial charge in [0.1, 0.15) is 24.7 Å². The molecule has 0 atom stereocenters. The van der Waals surface area contributed by atoms with E-state index in [2.05, 4.69) is 43.2 Å². The average molecular weight is 473 g/mol. The minimum atomic E-state index is -0.156. The Morgan fingerprint density at radius 2 is 1.59 bits per heavy atom. The van der Waals surface area contributed by atoms with Gasteiger partial charge >= 0.3 is 0 Å². The topological polar surface area (TPSA) is 59.9 Å². The molecule has 1 amide bonds. The van der Waals surface area contributed by atoms with Gasteiger partial charge in [0.05, 0.1) is 10.6 Å². The first-order valence-electron chi connectivity index (χ1n) is 11.2. The fourth-order valence-electron chi connectivity index (χ4n) is 3.32. The molecule has 4 rings (SSSR count). The Morgan fingerprint density at radius 3 is 2.29 bits per heavy atom. The van der Waals surface area contributed by atoms with Crippen molar-refractivity contribution in [3.05, 3.63) is 94.9 Å². The van der Waals surface area contributed by atoms with Crippen molar-refractivity contribution >= 4 is 34.6 Å². The quantitative estimate of drug-likeness (QED) is 0.322. The lowest BCUT2D eigenvalue weighted by Gasteiger charge is -2.19. The van der Waals surface area contributed by atoms with E-state index in [9.17, 15) is 4.79 Å². The highest BCUT2D eigenvalue weighted by molar-refractivity contribution is 8.18. The Kier molecular flexibility index (Phi) is 7.38. The van der Waals surface area contributed by atoms with Crippen LogP contribution < -0.4 is 14.8 Å². The Labute approximate surface area is 204 Å². The second-order valence-corrected chi connectivity index (χ2v) is 9.89. The van der Waals surface area contributed by atoms with Crippen LogP contribution in [0.4, 0.5) is 5.69 Å². The van der Waals surface area contributed by atoms with E-state index in [-0.39, 0.29) is 11.3 Å². The summed E-state index contributed by atoms with van der Waals surface area (Å²) in [5.41, 5.74) is 3.08. The molecular weight excluding hydrogens is 444 g/mol. The van der Waals surface area contributed by atoms with Gasteiger partial charge in [-0.05, 0) is 70.8 Å². The van der Waals surface area contributed by atoms with Crippen molar-refractivity contribution < 1.29 is 14.3 Å². The molecule has 6 heteroatoms. The molecule has 1 heterocycles. The van der Waals surface area contributed by atoms with Gasteiger partial charge in [0.25, 0.3) is 5.91 Å². The lowest BCUT2D eigenvalue weighted by atomic mass is 9.87. The molecule has 0 unspecified atom stereocenters. The van der Waals surface area contributed by atoms with Crippen LogP contribution in [0.15, 0.2) is 88.8 Å². The molecule has 34 heavy (non-hydrogen) atoms. The molecule has 0 bridgehead atoms. The number of hydrogen-bond donors (Lipinski definition) is 1. The Bertz CT molecular complexity index is 1200. The number of nitrogens with one attached hydrogen (secondary N) is 1. The van der Waals surface area contributed by atoms with Crippen LogP contribution in [0.1, 0.15) is 31.9 Å². The molecule has 0 spiro atoms. The molecule has 1 N–H and O–H groups in total. The van der Waals surface area contributed by atoms with Gasteiger partial charge in [0, 0.05) is 0 Å². The van der Waals surface area contributed by atoms with Gasteiger partial charge < -0.3 is 14.8 Å². The highest BCUT2D eigenvalue weighted by atomic mass is 32.2. The number of para-hydroxylation sites is 1. The van der Waals surface area contributed by atoms with Gasteiger partial charge in [-0.2, -0.15) is 0 Å². The number of carbonyl (C=O) groups excluding carboxylic acids is 1. The number of nitrogens with zero attached hydrogens (tertiary/aromatic N) is 1. The molecule has 0 radical (unpaired) electrons. The maximum atomic E-state index is 12.4. The van der Waals surface area contributed by atoms with Crippen LogP contribution in [0.3, 0.4) is 0 Å². The minimum absolute atomic E-state index is 0.121. The maximum absolute atomic E-state index is 12.4. The van der Waals surface area contributed by atoms with Crippen molar-refractivity contribution in [2.24, 2.45) is 4.99 Å². The van der Waals surface area contributed by atoms with E-state index in [0.717, 1.165) is 22.7 Å². The van der Waals surface area contributed by atoms with E-state index >= 15 is 0 Å². The van der Waals surface area contributed by atoms with E-state index < -0.39 is 0 Å². The summed E-state index contributed by atoms with van der Waals surface area (Å²) in [4.78, 5) is 17.4. The third-order valence-electron chi connectivity index (χ3n) is 5.13. The van der Waals surface area contributed by atoms with E-state index in [0.29, 0.717) is 23.3 Å². The summed E-state index contributed by atoms with van der Waals surface area (Å²) in [6.45, 7) is 7.43. The molecule has 1 saturated heterocycles. The SMILES string of the molecule is CC(C)(C)c1ccc(OCCOc2cccc(/C=C3/SC(=Nc4ccccc4)NC3=O)c2)cc1. The Morgan fingerprint density at radius 1 is 0.882 bits per heavy atom. The first kappa shape index (κ1) is 23.6. The predicted octanol–water partition coefficient (Wildman–Crippen LogP) is 6.33. The first-order chi connectivity index (χ1) is 16.4. The highest BCUT2D eigenvalue weighted by Gasteiger charge is 2.23. The van der Waals surface area contributed by atoms with Crippen LogP contribution in [0.25, 0.3) is 6.08 Å². The Hall–Kier alpha value is -3.51. The van der Waals surface area contributed by atoms with E-state index in [1.165, 1.54) is 17.3 Å². The highest BCUT2D eigenvalue weighted by Crippen LogP contribution is 2.29. The smallest absolute Gasteiger partial charge is 0.264 e. The zero-order valence-electron chi connectivity index (χ0n) is 19.6. The summed E-state index contributed by atoms with van der Waals surface area (Å²) in [6.07, 6.45) is 1.84. The maximum Gasteiger partial charge on any atom is 0.264 e. The fraction of sp³-hybridized carbons (Fsp3) is 0.214. The van der Waals surface area contributed by atoms with Gasteiger partial charge in [-0.3, -0.25) is 4.79 Å². The van der Waals surface area contributed by atoms with Crippen LogP contribution in [0, 0.1) is 0 Å². The molecule has 1 fully saturated rings. The van der Waals surface area contributed by atoms with Gasteiger partial charge in [-0.1, -0.05) is 63.2 Å². The zero-order valence-corrected chi connectivity index (χ0v) is 20.4. The van der Waals surface area contributed by atoms with Gasteiger partial charge in [0.2, 0.25) is 0 Å². The van der Waals surface area contributed by atoms with Crippen LogP contribution in [-0.4, -0.2) is 24.3 Å². The summed E-state index contributed by atoms with van der Waals surface area (Å²) in [6, 6.07) is 25.4. The van der Waals surface area contributed by atoms with Crippen molar-refractivity contribution in [1.82, 2.24) is 5.32 Å². The van der Waals surface area contributed by atoms with Crippen LogP contribution in [0.5, 0.6) is 11.5 Å². The number of aliphatic imine (C=N–C) groups is 1. The minimum Gasteiger partial charge on any atom is -0.490 e. The molecule has 0 saturated carbocycles. The predicted molar refractivity (Wildman–Crippen MR) is 140 cm³/mol. The third-order valence-corrected chi connectivity index (χ3v) is 6.04. The zero-order chi connectivity index (χ0) is 24.0. The molecule has 1 aliphatic heterocycles. The molecule has 1 aliphatic rings. The van der Waals surface area contributed by atoms with Gasteiger partial charge in [-0.15, -0.1) is 0 Å². The van der Waals surface area contributed by atoms with Crippen LogP contribution in [0.2, 0.25) is 0 Å². The van der Waals surface area contributed by atoms with E-state index in [1.807, 2.05) is 72.8 Å². The molecule has 3 aromatic rings. The number of benzene rings is 3. The van der Waals surface area contributed by atoms with Crippen molar-refractivity contribution in [3.8, 4) is 11.5 Å². The van der Waals surface area contributed by atoms with Crippen molar-refractivity contribution in [3.63, 3.8) is 0 Å². The van der Waals surface area contributed by atoms with Gasteiger partial charge in [-0.25, -0.2) is 4.99 Å². The molecule has 0 aliphatic carbocycles. The summed E-state index contributed by atoms with van der Waals surface area (Å²) in [5, 5.41) is 3.39. The summed E-state index contributed by atoms with van der Waals surface area (Å²) >= 11 is 1.33. The molecule has 174 valence electrons. The number of ether oxygens (including phenoxy) is 2. The van der Waals surface area contributed by atoms with Crippen LogP contribution in [-0.2, 0) is 10.2 Å². The number of amides is 1. The van der Waals surface area contributed by atoms with E-state index in [4.69, 9.17) is 9.47 Å². The standard InChI is InChI=1S/C28H28N2O3S/c1-28(2,3)21-12-14-23(15-13-21)32-16-17-33-24-11-7-8-20(18-24)19-25-26(31)30-27(34-25)29-22-9-5-4-6-10-22/h4-15,18-19H,16-17H2,1-3H3,(H,29,30,31)/b25-19+. The molecule has 3 aromatic carbocycles. The lowest BCUT2D eigenvalue weighted by Crippen LogP contribution is -2.19. The van der Waals surface area contributed by atoms with Gasteiger partial charge in [0.15, 0.2) is 5.17 Å². The second kappa shape index (κ2) is 10.6. The molecular formula is C28H28N2O3S. The third kappa shape index (κ3) is 6.51. The number of hydrogen-bond acceptors (Lipinski definition) is 5. The lowest BCUT2D eigenvalue weighted by molar-refractivity contribution is -0.115. The molecule has 0 aromatic heterocycles. The molecule has 5 nitrogen and oxygen atoms in total. The number of carbonyl (C=O) groups is 1. The fourth-order valence-corrected chi connectivity index (χ4v) is 4.16. The Balaban J connectivity index is 1.31. The monoisotopic (exact) mass is 472 g/mol. The normalized spacial score (nSPS) is 16.0. The van der Waals surface area contributed by atoms with Crippen molar-refractivity contribution in [1.29, 1.82) is 0 Å². The largest absolute Gasteiger partial charge is 0.490 e. The summed E-state index contributed by atoms with van der Waals surface area (Å²) < 4.78 is 11.7. The van der Waals surface area contributed by atoms with Crippen molar-refractivity contribution in [2.45, 2.75) is 26.2 Å².